The lowest BCUT2D eigenvalue weighted by atomic mass is 10.0. The van der Waals surface area contributed by atoms with Crippen molar-refractivity contribution in [1.82, 2.24) is 0 Å². The molecule has 1 aromatic carbocycles. The summed E-state index contributed by atoms with van der Waals surface area (Å²) in [5.41, 5.74) is 0.666. The maximum absolute atomic E-state index is 11.0. The zero-order chi connectivity index (χ0) is 12.1. The number of benzene rings is 1. The third kappa shape index (κ3) is 3.20. The van der Waals surface area contributed by atoms with Gasteiger partial charge in [-0.15, -0.1) is 0 Å². The molecule has 0 aliphatic heterocycles. The lowest BCUT2D eigenvalue weighted by Gasteiger charge is -2.16. The van der Waals surface area contributed by atoms with Crippen molar-refractivity contribution in [2.45, 2.75) is 18.6 Å². The van der Waals surface area contributed by atoms with Crippen LogP contribution in [0.3, 0.4) is 0 Å². The van der Waals surface area contributed by atoms with Crippen molar-refractivity contribution in [3.8, 4) is 0 Å². The normalized spacial score (nSPS) is 14.2. The molecule has 5 heteroatoms. The van der Waals surface area contributed by atoms with Crippen LogP contribution in [0.1, 0.15) is 5.56 Å². The van der Waals surface area contributed by atoms with Crippen molar-refractivity contribution in [2.24, 2.45) is 0 Å². The van der Waals surface area contributed by atoms with Crippen LogP contribution in [0.15, 0.2) is 24.3 Å². The predicted molar refractivity (Wildman–Crippen MR) is 59.2 cm³/mol. The molecular weight excluding hydrogens is 232 g/mol. The topological polar surface area (TPSA) is 66.8 Å². The molecule has 4 nitrogen and oxygen atoms in total. The Morgan fingerprint density at radius 3 is 2.62 bits per heavy atom. The fourth-order valence-electron chi connectivity index (χ4n) is 1.28. The summed E-state index contributed by atoms with van der Waals surface area (Å²) < 4.78 is 4.32. The molecule has 2 N–H and O–H groups in total. The summed E-state index contributed by atoms with van der Waals surface area (Å²) in [6.45, 7) is 0. The summed E-state index contributed by atoms with van der Waals surface area (Å²) in [6.07, 6.45) is -2.69. The molecule has 0 unspecified atom stereocenters. The van der Waals surface area contributed by atoms with Crippen molar-refractivity contribution in [1.29, 1.82) is 0 Å². The highest BCUT2D eigenvalue weighted by molar-refractivity contribution is 6.31. The van der Waals surface area contributed by atoms with Crippen molar-refractivity contribution in [2.75, 3.05) is 7.11 Å². The number of halogens is 1. The first-order chi connectivity index (χ1) is 7.56. The fourth-order valence-corrected chi connectivity index (χ4v) is 1.49. The molecule has 0 aliphatic rings. The van der Waals surface area contributed by atoms with E-state index in [0.717, 1.165) is 7.11 Å². The Hall–Kier alpha value is -1.10. The molecule has 0 spiro atoms. The number of hydrogen-bond donors (Lipinski definition) is 2. The second kappa shape index (κ2) is 5.84. The van der Waals surface area contributed by atoms with E-state index in [1.165, 1.54) is 0 Å². The molecule has 0 radical (unpaired) electrons. The summed E-state index contributed by atoms with van der Waals surface area (Å²) >= 11 is 5.88. The highest BCUT2D eigenvalue weighted by Gasteiger charge is 2.25. The fraction of sp³-hybridized carbons (Fsp3) is 0.364. The lowest BCUT2D eigenvalue weighted by molar-refractivity contribution is -0.156. The first-order valence-electron chi connectivity index (χ1n) is 4.73. The standard InChI is InChI=1S/C11H13ClO4/c1-16-11(15)10(14)9(13)6-7-4-2-3-5-8(7)12/h2-5,9-10,13-14H,6H2,1H3/t9-,10+/m0/s1. The van der Waals surface area contributed by atoms with Crippen LogP contribution in [0.4, 0.5) is 0 Å². The van der Waals surface area contributed by atoms with Crippen LogP contribution < -0.4 is 0 Å². The molecule has 16 heavy (non-hydrogen) atoms. The molecule has 2 atom stereocenters. The molecule has 0 saturated carbocycles. The first-order valence-corrected chi connectivity index (χ1v) is 5.11. The van der Waals surface area contributed by atoms with Gasteiger partial charge in [-0.2, -0.15) is 0 Å². The Labute approximate surface area is 98.4 Å². The maximum atomic E-state index is 11.0. The van der Waals surface area contributed by atoms with E-state index in [4.69, 9.17) is 11.6 Å². The maximum Gasteiger partial charge on any atom is 0.337 e. The third-order valence-corrected chi connectivity index (χ3v) is 2.56. The number of esters is 1. The second-order valence-electron chi connectivity index (χ2n) is 3.33. The Bertz CT molecular complexity index is 367. The van der Waals surface area contributed by atoms with Gasteiger partial charge in [-0.1, -0.05) is 29.8 Å². The van der Waals surface area contributed by atoms with Gasteiger partial charge in [0.15, 0.2) is 6.10 Å². The van der Waals surface area contributed by atoms with Crippen LogP contribution in [-0.4, -0.2) is 35.5 Å². The summed E-state index contributed by atoms with van der Waals surface area (Å²) in [4.78, 5) is 11.0. The Balaban J connectivity index is 2.68. The molecule has 0 aromatic heterocycles. The van der Waals surface area contributed by atoms with Crippen molar-refractivity contribution < 1.29 is 19.7 Å². The first kappa shape index (κ1) is 13.0. The Morgan fingerprint density at radius 1 is 1.44 bits per heavy atom. The summed E-state index contributed by atoms with van der Waals surface area (Å²) in [7, 11) is 1.15. The van der Waals surface area contributed by atoms with Crippen LogP contribution >= 0.6 is 11.6 Å². The quantitative estimate of drug-likeness (QED) is 0.768. The van der Waals surface area contributed by atoms with E-state index in [1.54, 1.807) is 24.3 Å². The average molecular weight is 245 g/mol. The monoisotopic (exact) mass is 244 g/mol. The van der Waals surface area contributed by atoms with Crippen LogP contribution in [0.5, 0.6) is 0 Å². The van der Waals surface area contributed by atoms with Gasteiger partial charge in [-0.25, -0.2) is 4.79 Å². The SMILES string of the molecule is COC(=O)[C@H](O)[C@@H](O)Cc1ccccc1Cl. The van der Waals surface area contributed by atoms with E-state index in [9.17, 15) is 15.0 Å². The smallest absolute Gasteiger partial charge is 0.337 e. The van der Waals surface area contributed by atoms with Gasteiger partial charge in [0.1, 0.15) is 0 Å². The van der Waals surface area contributed by atoms with Crippen molar-refractivity contribution in [3.05, 3.63) is 34.9 Å². The molecule has 0 heterocycles. The second-order valence-corrected chi connectivity index (χ2v) is 3.74. The molecule has 1 aromatic rings. The molecule has 0 aliphatic carbocycles. The van der Waals surface area contributed by atoms with E-state index in [2.05, 4.69) is 4.74 Å². The van der Waals surface area contributed by atoms with E-state index in [1.807, 2.05) is 0 Å². The van der Waals surface area contributed by atoms with Gasteiger partial charge in [-0.05, 0) is 11.6 Å². The van der Waals surface area contributed by atoms with Crippen LogP contribution in [0.2, 0.25) is 5.02 Å². The van der Waals surface area contributed by atoms with E-state index >= 15 is 0 Å². The highest BCUT2D eigenvalue weighted by atomic mass is 35.5. The molecule has 1 rings (SSSR count). The van der Waals surface area contributed by atoms with Crippen LogP contribution in [-0.2, 0) is 16.0 Å². The summed E-state index contributed by atoms with van der Waals surface area (Å²) in [5.74, 6) is -0.862. The van der Waals surface area contributed by atoms with Crippen molar-refractivity contribution >= 4 is 17.6 Å². The molecule has 0 bridgehead atoms. The van der Waals surface area contributed by atoms with Gasteiger partial charge in [0.25, 0.3) is 0 Å². The minimum atomic E-state index is -1.55. The zero-order valence-corrected chi connectivity index (χ0v) is 9.52. The third-order valence-electron chi connectivity index (χ3n) is 2.19. The average Bonchev–Trinajstić information content (AvgIpc) is 2.30. The molecular formula is C11H13ClO4. The van der Waals surface area contributed by atoms with Gasteiger partial charge in [0.05, 0.1) is 13.2 Å². The van der Waals surface area contributed by atoms with Crippen LogP contribution in [0, 0.1) is 0 Å². The van der Waals surface area contributed by atoms with Gasteiger partial charge in [0, 0.05) is 11.4 Å². The minimum Gasteiger partial charge on any atom is -0.467 e. The molecule has 0 fully saturated rings. The lowest BCUT2D eigenvalue weighted by Crippen LogP contribution is -2.36. The van der Waals surface area contributed by atoms with E-state index < -0.39 is 18.2 Å². The number of aliphatic hydroxyl groups excluding tert-OH is 2. The number of ether oxygens (including phenoxy) is 1. The number of carbonyl (C=O) groups is 1. The number of carbonyl (C=O) groups excluding carboxylic acids is 1. The zero-order valence-electron chi connectivity index (χ0n) is 8.76. The van der Waals surface area contributed by atoms with Crippen molar-refractivity contribution in [3.63, 3.8) is 0 Å². The Morgan fingerprint density at radius 2 is 2.06 bits per heavy atom. The minimum absolute atomic E-state index is 0.0932. The number of rotatable bonds is 4. The van der Waals surface area contributed by atoms with Gasteiger partial charge in [0.2, 0.25) is 0 Å². The molecule has 0 amide bonds. The number of methoxy groups -OCH3 is 1. The predicted octanol–water partition coefficient (Wildman–Crippen LogP) is 0.777. The highest BCUT2D eigenvalue weighted by Crippen LogP contribution is 2.17. The van der Waals surface area contributed by atoms with E-state index in [-0.39, 0.29) is 6.42 Å². The number of aliphatic hydroxyl groups is 2. The largest absolute Gasteiger partial charge is 0.467 e. The van der Waals surface area contributed by atoms with Gasteiger partial charge < -0.3 is 14.9 Å². The Kier molecular flexibility index (Phi) is 4.73. The summed E-state index contributed by atoms with van der Waals surface area (Å²) in [6, 6.07) is 6.91. The molecule has 0 saturated heterocycles. The summed E-state index contributed by atoms with van der Waals surface area (Å²) in [5, 5.41) is 19.4. The van der Waals surface area contributed by atoms with Gasteiger partial charge >= 0.3 is 5.97 Å². The number of hydrogen-bond acceptors (Lipinski definition) is 4. The molecule has 88 valence electrons. The van der Waals surface area contributed by atoms with Gasteiger partial charge in [-0.3, -0.25) is 0 Å². The van der Waals surface area contributed by atoms with Crippen LogP contribution in [0.25, 0.3) is 0 Å². The van der Waals surface area contributed by atoms with E-state index in [0.29, 0.717) is 10.6 Å².